The fourth-order valence-corrected chi connectivity index (χ4v) is 1.78. The number of rotatable bonds is 2. The van der Waals surface area contributed by atoms with E-state index in [1.54, 1.807) is 6.92 Å². The average molecular weight is 258 g/mol. The predicted octanol–water partition coefficient (Wildman–Crippen LogP) is 2.12. The van der Waals surface area contributed by atoms with Crippen LogP contribution < -0.4 is 5.73 Å². The average Bonchev–Trinajstić information content (AvgIpc) is 2.28. The molecule has 0 aromatic rings. The Balaban J connectivity index is 0.00000225. The Hall–Kier alpha value is -0.420. The van der Waals surface area contributed by atoms with E-state index < -0.39 is 17.9 Å². The minimum Gasteiger partial charge on any atom is -0.466 e. The van der Waals surface area contributed by atoms with Gasteiger partial charge in [-0.05, 0) is 26.2 Å². The fraction of sp³-hybridized carbons (Fsp3) is 0.900. The van der Waals surface area contributed by atoms with Gasteiger partial charge in [0.2, 0.25) is 0 Å². The lowest BCUT2D eigenvalue weighted by Crippen LogP contribution is -2.39. The summed E-state index contributed by atoms with van der Waals surface area (Å²) in [5.41, 5.74) is 5.35. The number of ether oxygens (including phenoxy) is 1. The topological polar surface area (TPSA) is 52.3 Å². The lowest BCUT2D eigenvalue weighted by atomic mass is 10.0. The first kappa shape index (κ1) is 15.6. The molecule has 1 rings (SSSR count). The first-order valence-electron chi connectivity index (χ1n) is 5.27. The highest BCUT2D eigenvalue weighted by atomic mass is 35.5. The molecule has 0 heterocycles. The number of nitrogens with two attached hydrogens (primary N) is 1. The van der Waals surface area contributed by atoms with Crippen molar-refractivity contribution in [1.29, 1.82) is 0 Å². The minimum absolute atomic E-state index is 0. The first-order chi connectivity index (χ1) is 6.97. The van der Waals surface area contributed by atoms with Crippen molar-refractivity contribution in [2.75, 3.05) is 6.61 Å². The minimum atomic E-state index is -2.85. The van der Waals surface area contributed by atoms with E-state index >= 15 is 0 Å². The zero-order chi connectivity index (χ0) is 11.5. The molecule has 96 valence electrons. The van der Waals surface area contributed by atoms with Gasteiger partial charge in [-0.15, -0.1) is 12.4 Å². The molecule has 0 unspecified atom stereocenters. The molecule has 1 aliphatic rings. The molecule has 0 spiro atoms. The Morgan fingerprint density at radius 1 is 1.44 bits per heavy atom. The van der Waals surface area contributed by atoms with E-state index in [0.29, 0.717) is 6.42 Å². The van der Waals surface area contributed by atoms with Crippen LogP contribution in [-0.2, 0) is 9.53 Å². The van der Waals surface area contributed by atoms with Crippen LogP contribution in [0.1, 0.15) is 32.6 Å². The smallest absolute Gasteiger partial charge is 0.308 e. The second-order valence-corrected chi connectivity index (χ2v) is 3.93. The van der Waals surface area contributed by atoms with Crippen LogP contribution in [0.15, 0.2) is 0 Å². The quantitative estimate of drug-likeness (QED) is 0.609. The molecule has 1 aliphatic carbocycles. The number of hydrogen-bond acceptors (Lipinski definition) is 3. The first-order valence-corrected chi connectivity index (χ1v) is 5.27. The van der Waals surface area contributed by atoms with Gasteiger partial charge in [0, 0.05) is 6.42 Å². The van der Waals surface area contributed by atoms with Gasteiger partial charge in [-0.2, -0.15) is 0 Å². The number of hydrogen-bond donors (Lipinski definition) is 1. The SMILES string of the molecule is CCOC(=O)[C@@H]1CC[C@@H](N)C(F)(F)CC1.Cl. The summed E-state index contributed by atoms with van der Waals surface area (Å²) in [5, 5.41) is 0. The number of alkyl halides is 2. The lowest BCUT2D eigenvalue weighted by Gasteiger charge is -2.19. The highest BCUT2D eigenvalue weighted by Gasteiger charge is 2.41. The van der Waals surface area contributed by atoms with Gasteiger partial charge >= 0.3 is 5.97 Å². The van der Waals surface area contributed by atoms with Crippen LogP contribution in [-0.4, -0.2) is 24.5 Å². The highest BCUT2D eigenvalue weighted by Crippen LogP contribution is 2.34. The summed E-state index contributed by atoms with van der Waals surface area (Å²) in [6.07, 6.45) is 0.420. The fourth-order valence-electron chi connectivity index (χ4n) is 1.78. The van der Waals surface area contributed by atoms with E-state index in [0.717, 1.165) is 0 Å². The molecule has 1 saturated carbocycles. The summed E-state index contributed by atoms with van der Waals surface area (Å²) in [5.74, 6) is -3.63. The maximum absolute atomic E-state index is 13.2. The van der Waals surface area contributed by atoms with Crippen LogP contribution in [0.2, 0.25) is 0 Å². The van der Waals surface area contributed by atoms with Gasteiger partial charge in [0.05, 0.1) is 18.6 Å². The Bertz CT molecular complexity index is 239. The van der Waals surface area contributed by atoms with Crippen molar-refractivity contribution in [3.8, 4) is 0 Å². The van der Waals surface area contributed by atoms with Crippen molar-refractivity contribution in [3.63, 3.8) is 0 Å². The molecular formula is C10H18ClF2NO2. The summed E-state index contributed by atoms with van der Waals surface area (Å²) in [7, 11) is 0. The monoisotopic (exact) mass is 257 g/mol. The second-order valence-electron chi connectivity index (χ2n) is 3.93. The number of esters is 1. The maximum atomic E-state index is 13.2. The van der Waals surface area contributed by atoms with Gasteiger partial charge in [-0.1, -0.05) is 0 Å². The Morgan fingerprint density at radius 3 is 2.62 bits per heavy atom. The molecular weight excluding hydrogens is 240 g/mol. The van der Waals surface area contributed by atoms with Gasteiger partial charge in [-0.25, -0.2) is 8.78 Å². The molecule has 0 bridgehead atoms. The lowest BCUT2D eigenvalue weighted by molar-refractivity contribution is -0.148. The van der Waals surface area contributed by atoms with Crippen molar-refractivity contribution >= 4 is 18.4 Å². The third-order valence-electron chi connectivity index (χ3n) is 2.81. The Labute approximate surface area is 100 Å². The summed E-state index contributed by atoms with van der Waals surface area (Å²) < 4.78 is 31.2. The van der Waals surface area contributed by atoms with E-state index in [4.69, 9.17) is 10.5 Å². The summed E-state index contributed by atoms with van der Waals surface area (Å²) in [4.78, 5) is 11.4. The molecule has 16 heavy (non-hydrogen) atoms. The van der Waals surface area contributed by atoms with Crippen LogP contribution in [0.25, 0.3) is 0 Å². The Kier molecular flexibility index (Phi) is 6.18. The van der Waals surface area contributed by atoms with Crippen molar-refractivity contribution in [3.05, 3.63) is 0 Å². The molecule has 3 nitrogen and oxygen atoms in total. The van der Waals surface area contributed by atoms with Gasteiger partial charge < -0.3 is 10.5 Å². The molecule has 0 radical (unpaired) electrons. The van der Waals surface area contributed by atoms with Gasteiger partial charge in [0.1, 0.15) is 0 Å². The molecule has 0 aromatic heterocycles. The number of carbonyl (C=O) groups is 1. The third-order valence-corrected chi connectivity index (χ3v) is 2.81. The Morgan fingerprint density at radius 2 is 2.06 bits per heavy atom. The summed E-state index contributed by atoms with van der Waals surface area (Å²) >= 11 is 0. The molecule has 0 aliphatic heterocycles. The highest BCUT2D eigenvalue weighted by molar-refractivity contribution is 5.85. The number of carbonyl (C=O) groups excluding carboxylic acids is 1. The van der Waals surface area contributed by atoms with Crippen molar-refractivity contribution in [2.24, 2.45) is 11.7 Å². The maximum Gasteiger partial charge on any atom is 0.308 e. The summed E-state index contributed by atoms with van der Waals surface area (Å²) in [6.45, 7) is 1.99. The molecule has 0 saturated heterocycles. The van der Waals surface area contributed by atoms with E-state index in [9.17, 15) is 13.6 Å². The van der Waals surface area contributed by atoms with E-state index in [-0.39, 0.29) is 44.2 Å². The summed E-state index contributed by atoms with van der Waals surface area (Å²) in [6, 6.07) is -1.13. The van der Waals surface area contributed by atoms with E-state index in [2.05, 4.69) is 0 Å². The predicted molar refractivity (Wildman–Crippen MR) is 58.8 cm³/mol. The second kappa shape index (κ2) is 6.35. The zero-order valence-electron chi connectivity index (χ0n) is 9.25. The largest absolute Gasteiger partial charge is 0.466 e. The van der Waals surface area contributed by atoms with Crippen LogP contribution in [0, 0.1) is 5.92 Å². The van der Waals surface area contributed by atoms with Crippen LogP contribution >= 0.6 is 12.4 Å². The van der Waals surface area contributed by atoms with Crippen molar-refractivity contribution < 1.29 is 18.3 Å². The molecule has 2 N–H and O–H groups in total. The normalized spacial score (nSPS) is 28.8. The van der Waals surface area contributed by atoms with Crippen molar-refractivity contribution in [2.45, 2.75) is 44.6 Å². The van der Waals surface area contributed by atoms with Crippen LogP contribution in [0.4, 0.5) is 8.78 Å². The molecule has 0 amide bonds. The van der Waals surface area contributed by atoms with Gasteiger partial charge in [-0.3, -0.25) is 4.79 Å². The molecule has 1 fully saturated rings. The molecule has 6 heteroatoms. The van der Waals surface area contributed by atoms with E-state index in [1.807, 2.05) is 0 Å². The number of halogens is 3. The zero-order valence-corrected chi connectivity index (χ0v) is 10.1. The van der Waals surface area contributed by atoms with Crippen molar-refractivity contribution in [1.82, 2.24) is 0 Å². The molecule has 2 atom stereocenters. The van der Waals surface area contributed by atoms with Crippen LogP contribution in [0.3, 0.4) is 0 Å². The third kappa shape index (κ3) is 3.87. The van der Waals surface area contributed by atoms with Gasteiger partial charge in [0.25, 0.3) is 5.92 Å². The molecule has 0 aromatic carbocycles. The van der Waals surface area contributed by atoms with Crippen LogP contribution in [0.5, 0.6) is 0 Å². The van der Waals surface area contributed by atoms with E-state index in [1.165, 1.54) is 0 Å². The van der Waals surface area contributed by atoms with Gasteiger partial charge in [0.15, 0.2) is 0 Å². The standard InChI is InChI=1S/C10H17F2NO2.ClH/c1-2-15-9(14)7-3-4-8(13)10(11,12)6-5-7;/h7-8H,2-6,13H2,1H3;1H/t7-,8-;/m1./s1.